The van der Waals surface area contributed by atoms with Gasteiger partial charge in [-0.2, -0.15) is 16.9 Å². The van der Waals surface area contributed by atoms with Gasteiger partial charge in [-0.15, -0.1) is 0 Å². The van der Waals surface area contributed by atoms with Gasteiger partial charge in [-0.3, -0.25) is 14.7 Å². The largest absolute Gasteiger partial charge is 0.508 e. The van der Waals surface area contributed by atoms with Crippen LogP contribution in [0.2, 0.25) is 5.02 Å². The maximum Gasteiger partial charge on any atom is 0.272 e. The molecule has 0 bridgehead atoms. The van der Waals surface area contributed by atoms with Gasteiger partial charge in [0.05, 0.1) is 28.0 Å². The van der Waals surface area contributed by atoms with Crippen LogP contribution in [0, 0.1) is 0 Å². The normalized spacial score (nSPS) is 11.8. The van der Waals surface area contributed by atoms with Gasteiger partial charge >= 0.3 is 0 Å². The molecule has 4 N–H and O–H groups in total. The molecule has 2 heterocycles. The van der Waals surface area contributed by atoms with Crippen LogP contribution in [0.4, 0.5) is 11.5 Å². The van der Waals surface area contributed by atoms with Gasteiger partial charge in [0.15, 0.2) is 5.82 Å². The molecule has 0 radical (unpaired) electrons. The van der Waals surface area contributed by atoms with E-state index in [1.807, 2.05) is 20.1 Å². The van der Waals surface area contributed by atoms with Crippen LogP contribution in [-0.2, 0) is 4.79 Å². The number of H-pyrrole nitrogens is 1. The molecule has 2 aromatic heterocycles. The molecule has 3 aromatic rings. The number of carbonyl (C=O) groups is 2. The van der Waals surface area contributed by atoms with Gasteiger partial charge in [0.25, 0.3) is 11.8 Å². The Kier molecular flexibility index (Phi) is 9.50. The summed E-state index contributed by atoms with van der Waals surface area (Å²) in [7, 11) is 1.61. The molecule has 0 unspecified atom stereocenters. The number of aliphatic hydroxyl groups excluding tert-OH is 1. The number of aromatic amines is 1. The number of halogens is 2. The van der Waals surface area contributed by atoms with Crippen LogP contribution in [0.1, 0.15) is 38.1 Å². The Hall–Kier alpha value is -3.02. The third kappa shape index (κ3) is 6.69. The molecule has 2 amide bonds. The van der Waals surface area contributed by atoms with Crippen LogP contribution in [0.3, 0.4) is 0 Å². The van der Waals surface area contributed by atoms with Crippen molar-refractivity contribution < 1.29 is 14.7 Å². The van der Waals surface area contributed by atoms with Crippen LogP contribution in [0.5, 0.6) is 0 Å². The number of aromatic nitrogens is 3. The minimum atomic E-state index is -0.598. The third-order valence-corrected chi connectivity index (χ3v) is 7.48. The molecule has 0 atom stereocenters. The lowest BCUT2D eigenvalue weighted by Gasteiger charge is -2.27. The van der Waals surface area contributed by atoms with Gasteiger partial charge in [0.2, 0.25) is 0 Å². The fourth-order valence-corrected chi connectivity index (χ4v) is 5.26. The monoisotopic (exact) mass is 620 g/mol. The Bertz CT molecular complexity index is 1430. The number of hydrogen-bond donors (Lipinski definition) is 4. The highest BCUT2D eigenvalue weighted by molar-refractivity contribution is 9.10. The number of amides is 2. The van der Waals surface area contributed by atoms with Crippen LogP contribution in [0.25, 0.3) is 10.9 Å². The summed E-state index contributed by atoms with van der Waals surface area (Å²) >= 11 is 11.5. The first-order valence-electron chi connectivity index (χ1n) is 11.6. The number of pyridine rings is 1. The Morgan fingerprint density at radius 2 is 2.05 bits per heavy atom. The average molecular weight is 622 g/mol. The summed E-state index contributed by atoms with van der Waals surface area (Å²) in [4.78, 5) is 33.1. The molecule has 202 valence electrons. The van der Waals surface area contributed by atoms with E-state index in [0.717, 1.165) is 0 Å². The molecular weight excluding hydrogens is 592 g/mol. The highest BCUT2D eigenvalue weighted by Gasteiger charge is 2.28. The number of benzene rings is 1. The van der Waals surface area contributed by atoms with Crippen molar-refractivity contribution in [1.82, 2.24) is 20.5 Å². The predicted octanol–water partition coefficient (Wildman–Crippen LogP) is 6.06. The van der Waals surface area contributed by atoms with E-state index < -0.39 is 11.4 Å². The molecule has 0 aliphatic carbocycles. The van der Waals surface area contributed by atoms with E-state index in [0.29, 0.717) is 37.5 Å². The quantitative estimate of drug-likeness (QED) is 0.130. The van der Waals surface area contributed by atoms with E-state index in [-0.39, 0.29) is 28.6 Å². The molecule has 38 heavy (non-hydrogen) atoms. The SMILES string of the molecule is CSCC(C)(C)NC(=O)c1c(NC(=O)/C(=C/C(O)=C(C)C)N(C)c2ncccc2Cl)c(Br)cc2cn[nH]c12. The molecule has 0 fully saturated rings. The van der Waals surface area contributed by atoms with E-state index >= 15 is 0 Å². The second-order valence-electron chi connectivity index (χ2n) is 9.45. The predicted molar refractivity (Wildman–Crippen MR) is 159 cm³/mol. The van der Waals surface area contributed by atoms with E-state index in [1.54, 1.807) is 63.2 Å². The van der Waals surface area contributed by atoms with Gasteiger partial charge in [0, 0.05) is 40.5 Å². The maximum absolute atomic E-state index is 13.8. The molecule has 0 saturated heterocycles. The Labute approximate surface area is 239 Å². The molecule has 0 spiro atoms. The molecule has 1 aromatic carbocycles. The van der Waals surface area contributed by atoms with Crippen molar-refractivity contribution in [3.8, 4) is 0 Å². The van der Waals surface area contributed by atoms with Crippen molar-refractivity contribution in [2.24, 2.45) is 0 Å². The summed E-state index contributed by atoms with van der Waals surface area (Å²) in [6.45, 7) is 7.29. The van der Waals surface area contributed by atoms with Crippen molar-refractivity contribution in [3.63, 3.8) is 0 Å². The average Bonchev–Trinajstić information content (AvgIpc) is 3.29. The molecule has 9 nitrogen and oxygen atoms in total. The first-order valence-corrected chi connectivity index (χ1v) is 14.1. The number of thioether (sulfide) groups is 1. The highest BCUT2D eigenvalue weighted by atomic mass is 79.9. The maximum atomic E-state index is 13.8. The number of fused-ring (bicyclic) bond motifs is 1. The van der Waals surface area contributed by atoms with Gasteiger partial charge in [-0.25, -0.2) is 4.98 Å². The second kappa shape index (κ2) is 12.2. The number of nitrogens with zero attached hydrogens (tertiary/aromatic N) is 3. The number of hydrogen-bond acceptors (Lipinski definition) is 7. The van der Waals surface area contributed by atoms with Crippen LogP contribution >= 0.6 is 39.3 Å². The fraction of sp³-hybridized carbons (Fsp3) is 0.308. The zero-order valence-corrected chi connectivity index (χ0v) is 25.1. The molecule has 3 rings (SSSR count). The molecule has 0 saturated carbocycles. The number of likely N-dealkylation sites (N-methyl/N-ethyl adjacent to an activating group) is 1. The smallest absolute Gasteiger partial charge is 0.272 e. The lowest BCUT2D eigenvalue weighted by Crippen LogP contribution is -2.45. The number of nitrogens with one attached hydrogen (secondary N) is 3. The Balaban J connectivity index is 2.12. The standard InChI is InChI=1S/C26H30BrClN6O3S/c1-14(2)19(35)11-18(34(5)23-17(28)8-7-9-29-23)24(36)31-22-16(27)10-15-12-30-33-21(15)20(22)25(37)32-26(3,4)13-38-6/h7-12,35H,13H2,1-6H3,(H,30,33)(H,31,36)(H,32,37)/b18-11-. The van der Waals surface area contributed by atoms with E-state index in [9.17, 15) is 14.7 Å². The summed E-state index contributed by atoms with van der Waals surface area (Å²) in [5.74, 6) is -0.0657. The third-order valence-electron chi connectivity index (χ3n) is 5.55. The minimum Gasteiger partial charge on any atom is -0.508 e. The number of anilines is 2. The summed E-state index contributed by atoms with van der Waals surface area (Å²) < 4.78 is 0.483. The van der Waals surface area contributed by atoms with Crippen LogP contribution in [-0.4, -0.2) is 56.7 Å². The number of rotatable bonds is 9. The van der Waals surface area contributed by atoms with Crippen molar-refractivity contribution >= 4 is 73.5 Å². The molecule has 0 aliphatic rings. The van der Waals surface area contributed by atoms with Crippen molar-refractivity contribution in [2.75, 3.05) is 29.3 Å². The first-order chi connectivity index (χ1) is 17.9. The Morgan fingerprint density at radius 1 is 1.34 bits per heavy atom. The Morgan fingerprint density at radius 3 is 2.68 bits per heavy atom. The lowest BCUT2D eigenvalue weighted by molar-refractivity contribution is -0.112. The summed E-state index contributed by atoms with van der Waals surface area (Å²) in [6.07, 6.45) is 6.45. The number of aliphatic hydroxyl groups is 1. The minimum absolute atomic E-state index is 0.0509. The van der Waals surface area contributed by atoms with Crippen molar-refractivity contribution in [3.05, 3.63) is 68.8 Å². The van der Waals surface area contributed by atoms with Crippen molar-refractivity contribution in [2.45, 2.75) is 33.2 Å². The molecular formula is C26H30BrClN6O3S. The van der Waals surface area contributed by atoms with Gasteiger partial charge < -0.3 is 20.6 Å². The molecule has 12 heteroatoms. The zero-order chi connectivity index (χ0) is 28.2. The van der Waals surface area contributed by atoms with E-state index in [4.69, 9.17) is 11.6 Å². The molecule has 0 aliphatic heterocycles. The van der Waals surface area contributed by atoms with Crippen molar-refractivity contribution in [1.29, 1.82) is 0 Å². The number of allylic oxidation sites excluding steroid dienone is 2. The summed E-state index contributed by atoms with van der Waals surface area (Å²) in [6, 6.07) is 5.09. The van der Waals surface area contributed by atoms with Crippen LogP contribution in [0.15, 0.2) is 58.2 Å². The van der Waals surface area contributed by atoms with Gasteiger partial charge in [0.1, 0.15) is 11.5 Å². The van der Waals surface area contributed by atoms with E-state index in [1.165, 1.54) is 11.0 Å². The highest BCUT2D eigenvalue weighted by Crippen LogP contribution is 2.34. The summed E-state index contributed by atoms with van der Waals surface area (Å²) in [5, 5.41) is 24.4. The topological polar surface area (TPSA) is 123 Å². The second-order valence-corrected chi connectivity index (χ2v) is 11.6. The van der Waals surface area contributed by atoms with Gasteiger partial charge in [-0.05, 0) is 73.7 Å². The first kappa shape index (κ1) is 29.5. The zero-order valence-electron chi connectivity index (χ0n) is 21.9. The lowest BCUT2D eigenvalue weighted by atomic mass is 10.0. The van der Waals surface area contributed by atoms with Crippen LogP contribution < -0.4 is 15.5 Å². The van der Waals surface area contributed by atoms with E-state index in [2.05, 4.69) is 41.7 Å². The number of carbonyl (C=O) groups excluding carboxylic acids is 2. The van der Waals surface area contributed by atoms with Gasteiger partial charge in [-0.1, -0.05) is 11.6 Å². The fourth-order valence-electron chi connectivity index (χ4n) is 3.68. The summed E-state index contributed by atoms with van der Waals surface area (Å²) in [5.41, 5.74) is 1.08.